The number of likely N-dealkylation sites (tertiary alicyclic amines) is 2. The smallest absolute Gasteiger partial charge is 0.410 e. The summed E-state index contributed by atoms with van der Waals surface area (Å²) in [7, 11) is 0. The van der Waals surface area contributed by atoms with E-state index in [0.29, 0.717) is 13.1 Å². The third-order valence-corrected chi connectivity index (χ3v) is 5.71. The van der Waals surface area contributed by atoms with Crippen molar-refractivity contribution in [3.05, 3.63) is 0 Å². The van der Waals surface area contributed by atoms with E-state index in [0.717, 1.165) is 38.5 Å². The molecule has 2 fully saturated rings. The molecule has 2 rings (SSSR count). The molecule has 2 aliphatic heterocycles. The first-order valence-electron chi connectivity index (χ1n) is 12.2. The number of hydrogen-bond donors (Lipinski definition) is 2. The highest BCUT2D eigenvalue weighted by Crippen LogP contribution is 2.23. The molecule has 204 valence electrons. The highest BCUT2D eigenvalue weighted by molar-refractivity contribution is 5.85. The number of rotatable bonds is 2. The molecule has 0 spiro atoms. The fourth-order valence-electron chi connectivity index (χ4n) is 4.06. The Kier molecular flexibility index (Phi) is 15.8. The molecule has 8 nitrogen and oxygen atoms in total. The second-order valence-corrected chi connectivity index (χ2v) is 11.0. The van der Waals surface area contributed by atoms with Crippen molar-refractivity contribution in [1.29, 1.82) is 0 Å². The molecule has 10 heteroatoms. The highest BCUT2D eigenvalue weighted by Gasteiger charge is 2.33. The molecule has 0 saturated carbocycles. The molecule has 34 heavy (non-hydrogen) atoms. The van der Waals surface area contributed by atoms with Gasteiger partial charge in [-0.3, -0.25) is 0 Å². The quantitative estimate of drug-likeness (QED) is 0.516. The van der Waals surface area contributed by atoms with Crippen LogP contribution in [0.25, 0.3) is 0 Å². The summed E-state index contributed by atoms with van der Waals surface area (Å²) >= 11 is 0. The molecule has 0 aliphatic carbocycles. The summed E-state index contributed by atoms with van der Waals surface area (Å²) in [5, 5.41) is 0. The van der Waals surface area contributed by atoms with Crippen LogP contribution in [0.2, 0.25) is 0 Å². The minimum absolute atomic E-state index is 0. The molecular weight excluding hydrogens is 479 g/mol. The third-order valence-electron chi connectivity index (χ3n) is 5.71. The van der Waals surface area contributed by atoms with Crippen LogP contribution in [0.1, 0.15) is 93.9 Å². The molecule has 0 aromatic carbocycles. The fraction of sp³-hybridized carbons (Fsp3) is 0.917. The minimum atomic E-state index is -0.422. The number of halogens is 2. The lowest BCUT2D eigenvalue weighted by molar-refractivity contribution is 0.00682. The third kappa shape index (κ3) is 12.7. The van der Waals surface area contributed by atoms with Gasteiger partial charge in [0.25, 0.3) is 0 Å². The Morgan fingerprint density at radius 2 is 1.03 bits per heavy atom. The second kappa shape index (κ2) is 15.2. The summed E-state index contributed by atoms with van der Waals surface area (Å²) in [6.45, 7) is 16.9. The average molecular weight is 530 g/mol. The van der Waals surface area contributed by atoms with Gasteiger partial charge in [-0.15, -0.1) is 24.8 Å². The van der Waals surface area contributed by atoms with Gasteiger partial charge in [-0.1, -0.05) is 13.8 Å². The highest BCUT2D eigenvalue weighted by atomic mass is 35.5. The molecule has 2 amide bonds. The van der Waals surface area contributed by atoms with Gasteiger partial charge in [-0.25, -0.2) is 9.59 Å². The van der Waals surface area contributed by atoms with Crippen LogP contribution in [0.5, 0.6) is 0 Å². The van der Waals surface area contributed by atoms with Crippen LogP contribution in [0.3, 0.4) is 0 Å². The number of hydrogen-bond acceptors (Lipinski definition) is 6. The Balaban J connectivity index is 0. The molecule has 0 unspecified atom stereocenters. The summed E-state index contributed by atoms with van der Waals surface area (Å²) in [4.78, 5) is 27.6. The van der Waals surface area contributed by atoms with Gasteiger partial charge >= 0.3 is 12.2 Å². The van der Waals surface area contributed by atoms with Gasteiger partial charge in [-0.2, -0.15) is 0 Å². The number of piperidine rings is 2. The molecule has 4 atom stereocenters. The topological polar surface area (TPSA) is 111 Å². The van der Waals surface area contributed by atoms with E-state index >= 15 is 0 Å². The van der Waals surface area contributed by atoms with Gasteiger partial charge in [0, 0.05) is 37.3 Å². The Hall–Kier alpha value is -0.960. The van der Waals surface area contributed by atoms with Gasteiger partial charge in [0.1, 0.15) is 11.2 Å². The largest absolute Gasteiger partial charge is 0.444 e. The van der Waals surface area contributed by atoms with Crippen molar-refractivity contribution < 1.29 is 19.1 Å². The predicted molar refractivity (Wildman–Crippen MR) is 143 cm³/mol. The molecule has 0 aromatic heterocycles. The Morgan fingerprint density at radius 1 is 0.735 bits per heavy atom. The second-order valence-electron chi connectivity index (χ2n) is 11.0. The minimum Gasteiger partial charge on any atom is -0.444 e. The SMILES string of the molecule is CC[C@@H]1C[C@@H](N)CCN1C(=O)OC(C)(C)C.CC[C@H]1C[C@H](N)CCN1C(=O)OC(C)(C)C.Cl.Cl. The van der Waals surface area contributed by atoms with Crippen molar-refractivity contribution in [2.75, 3.05) is 13.1 Å². The molecular formula is C24H50Cl2N4O4. The van der Waals surface area contributed by atoms with Crippen LogP contribution in [0.15, 0.2) is 0 Å². The zero-order chi connectivity index (χ0) is 24.7. The first-order valence-corrected chi connectivity index (χ1v) is 12.2. The van der Waals surface area contributed by atoms with E-state index in [2.05, 4.69) is 13.8 Å². The summed E-state index contributed by atoms with van der Waals surface area (Å²) < 4.78 is 10.8. The van der Waals surface area contributed by atoms with Crippen molar-refractivity contribution in [2.45, 2.75) is 129 Å². The number of carbonyl (C=O) groups is 2. The first-order chi connectivity index (χ1) is 14.7. The Morgan fingerprint density at radius 3 is 1.26 bits per heavy atom. The molecule has 0 bridgehead atoms. The van der Waals surface area contributed by atoms with Crippen molar-refractivity contribution in [2.24, 2.45) is 11.5 Å². The molecule has 0 radical (unpaired) electrons. The first kappa shape index (κ1) is 35.2. The summed E-state index contributed by atoms with van der Waals surface area (Å²) in [5.41, 5.74) is 11.0. The van der Waals surface area contributed by atoms with Crippen molar-refractivity contribution in [3.63, 3.8) is 0 Å². The van der Waals surface area contributed by atoms with Crippen LogP contribution in [-0.2, 0) is 9.47 Å². The van der Waals surface area contributed by atoms with Crippen molar-refractivity contribution >= 4 is 37.0 Å². The van der Waals surface area contributed by atoms with Crippen LogP contribution in [-0.4, -0.2) is 70.4 Å². The van der Waals surface area contributed by atoms with E-state index in [9.17, 15) is 9.59 Å². The normalized spacial score (nSPS) is 25.1. The fourth-order valence-corrected chi connectivity index (χ4v) is 4.06. The maximum atomic E-state index is 12.0. The number of nitrogens with zero attached hydrogens (tertiary/aromatic N) is 2. The number of carbonyl (C=O) groups excluding carboxylic acids is 2. The maximum Gasteiger partial charge on any atom is 0.410 e. The summed E-state index contributed by atoms with van der Waals surface area (Å²) in [6.07, 6.45) is 4.98. The van der Waals surface area contributed by atoms with E-state index in [1.165, 1.54) is 0 Å². The van der Waals surface area contributed by atoms with E-state index in [4.69, 9.17) is 20.9 Å². The van der Waals surface area contributed by atoms with Gasteiger partial charge in [0.15, 0.2) is 0 Å². The van der Waals surface area contributed by atoms with Crippen molar-refractivity contribution in [1.82, 2.24) is 9.80 Å². The number of amides is 2. The maximum absolute atomic E-state index is 12.0. The van der Waals surface area contributed by atoms with E-state index in [1.807, 2.05) is 51.3 Å². The van der Waals surface area contributed by atoms with E-state index in [1.54, 1.807) is 0 Å². The Labute approximate surface area is 219 Å². The molecule has 2 heterocycles. The lowest BCUT2D eigenvalue weighted by Gasteiger charge is -2.38. The lowest BCUT2D eigenvalue weighted by Crippen LogP contribution is -2.50. The van der Waals surface area contributed by atoms with Crippen LogP contribution < -0.4 is 11.5 Å². The van der Waals surface area contributed by atoms with E-state index < -0.39 is 11.2 Å². The van der Waals surface area contributed by atoms with Gasteiger partial charge in [0.2, 0.25) is 0 Å². The summed E-state index contributed by atoms with van der Waals surface area (Å²) in [6, 6.07) is 0.921. The monoisotopic (exact) mass is 528 g/mol. The number of ether oxygens (including phenoxy) is 2. The number of nitrogens with two attached hydrogens (primary N) is 2. The van der Waals surface area contributed by atoms with Crippen LogP contribution in [0.4, 0.5) is 9.59 Å². The zero-order valence-corrected chi connectivity index (χ0v) is 24.1. The van der Waals surface area contributed by atoms with Gasteiger partial charge in [0.05, 0.1) is 0 Å². The van der Waals surface area contributed by atoms with Gasteiger partial charge in [-0.05, 0) is 80.1 Å². The predicted octanol–water partition coefficient (Wildman–Crippen LogP) is 5.09. The van der Waals surface area contributed by atoms with Crippen molar-refractivity contribution in [3.8, 4) is 0 Å². The van der Waals surface area contributed by atoms with E-state index in [-0.39, 0.29) is 61.2 Å². The molecule has 0 aromatic rings. The molecule has 4 N–H and O–H groups in total. The molecule has 2 saturated heterocycles. The standard InChI is InChI=1S/2C12H24N2O2.2ClH/c2*1-5-10-8-9(13)6-7-14(10)11(15)16-12(2,3)4;;/h2*9-10H,5-8,13H2,1-4H3;2*1H/t2*9-,10+;;/m10../s1. The zero-order valence-electron chi connectivity index (χ0n) is 22.5. The van der Waals surface area contributed by atoms with Crippen LogP contribution >= 0.6 is 24.8 Å². The lowest BCUT2D eigenvalue weighted by atomic mass is 9.96. The Bertz CT molecular complexity index is 559. The summed E-state index contributed by atoms with van der Waals surface area (Å²) in [5.74, 6) is 0. The molecule has 2 aliphatic rings. The average Bonchev–Trinajstić information content (AvgIpc) is 2.65. The van der Waals surface area contributed by atoms with Gasteiger partial charge < -0.3 is 30.7 Å². The van der Waals surface area contributed by atoms with Crippen LogP contribution in [0, 0.1) is 0 Å².